The van der Waals surface area contributed by atoms with Crippen molar-refractivity contribution in [2.45, 2.75) is 18.9 Å². The van der Waals surface area contributed by atoms with E-state index in [0.717, 1.165) is 12.8 Å². The van der Waals surface area contributed by atoms with Crippen LogP contribution in [0.25, 0.3) is 16.6 Å². The largest absolute Gasteiger partial charge is 0.321 e. The molecule has 0 aliphatic heterocycles. The van der Waals surface area contributed by atoms with Crippen molar-refractivity contribution in [3.63, 3.8) is 0 Å². The highest BCUT2D eigenvalue weighted by atomic mass is 35.5. The smallest absolute Gasteiger partial charge is 0.267 e. The summed E-state index contributed by atoms with van der Waals surface area (Å²) in [5, 5.41) is 7.42. The molecule has 2 aromatic heterocycles. The van der Waals surface area contributed by atoms with Crippen LogP contribution in [0.1, 0.15) is 24.7 Å². The molecule has 7 heteroatoms. The lowest BCUT2D eigenvalue weighted by Gasteiger charge is -2.17. The number of fused-ring (bicyclic) bond motifs is 1. The molecule has 112 valence electrons. The molecule has 1 fully saturated rings. The molecule has 1 aliphatic carbocycles. The highest BCUT2D eigenvalue weighted by Crippen LogP contribution is 2.39. The van der Waals surface area contributed by atoms with Crippen LogP contribution in [-0.2, 0) is 0 Å². The van der Waals surface area contributed by atoms with Gasteiger partial charge >= 0.3 is 0 Å². The Kier molecular flexibility index (Phi) is 3.02. The maximum atomic E-state index is 13.0. The van der Waals surface area contributed by atoms with Crippen LogP contribution in [0, 0.1) is 5.92 Å². The van der Waals surface area contributed by atoms with E-state index in [1.54, 1.807) is 30.6 Å². The van der Waals surface area contributed by atoms with Crippen LogP contribution >= 0.6 is 11.6 Å². The maximum absolute atomic E-state index is 13.0. The molecule has 0 amide bonds. The standard InChI is InChI=1S/C15H14ClN5O/c16-10-2-1-3-11-12(10)15(22)21(9-6-18-19-7-9)14(20-11)13(17)8-4-5-8/h1-3,6-8,13H,4-5,17H2,(H,18,19). The van der Waals surface area contributed by atoms with E-state index in [2.05, 4.69) is 15.2 Å². The average molecular weight is 316 g/mol. The Morgan fingerprint density at radius 2 is 2.23 bits per heavy atom. The topological polar surface area (TPSA) is 89.6 Å². The number of aromatic nitrogens is 4. The molecule has 0 spiro atoms. The van der Waals surface area contributed by atoms with Crippen LogP contribution in [0.3, 0.4) is 0 Å². The Morgan fingerprint density at radius 3 is 2.91 bits per heavy atom. The van der Waals surface area contributed by atoms with Crippen LogP contribution in [0.5, 0.6) is 0 Å². The SMILES string of the molecule is NC(c1nc2cccc(Cl)c2c(=O)n1-c1cn[nH]c1)C1CC1. The lowest BCUT2D eigenvalue weighted by Crippen LogP contribution is -2.29. The van der Waals surface area contributed by atoms with E-state index < -0.39 is 0 Å². The van der Waals surface area contributed by atoms with E-state index in [-0.39, 0.29) is 11.6 Å². The third kappa shape index (κ3) is 2.03. The first-order valence-corrected chi connectivity index (χ1v) is 7.50. The Bertz CT molecular complexity index is 898. The van der Waals surface area contributed by atoms with E-state index >= 15 is 0 Å². The zero-order valence-electron chi connectivity index (χ0n) is 11.7. The lowest BCUT2D eigenvalue weighted by atomic mass is 10.1. The van der Waals surface area contributed by atoms with Gasteiger partial charge < -0.3 is 5.73 Å². The number of rotatable bonds is 3. The zero-order valence-corrected chi connectivity index (χ0v) is 12.4. The van der Waals surface area contributed by atoms with Crippen LogP contribution in [0.4, 0.5) is 0 Å². The van der Waals surface area contributed by atoms with Gasteiger partial charge in [-0.2, -0.15) is 5.10 Å². The summed E-state index contributed by atoms with van der Waals surface area (Å²) in [4.78, 5) is 17.6. The first kappa shape index (κ1) is 13.5. The first-order valence-electron chi connectivity index (χ1n) is 7.12. The van der Waals surface area contributed by atoms with Gasteiger partial charge in [0.25, 0.3) is 5.56 Å². The third-order valence-electron chi connectivity index (χ3n) is 4.04. The van der Waals surface area contributed by atoms with Crippen LogP contribution in [0.15, 0.2) is 35.4 Å². The molecule has 1 aliphatic rings. The summed E-state index contributed by atoms with van der Waals surface area (Å²) >= 11 is 6.19. The molecule has 4 rings (SSSR count). The molecule has 0 bridgehead atoms. The van der Waals surface area contributed by atoms with Crippen LogP contribution < -0.4 is 11.3 Å². The molecular formula is C15H14ClN5O. The predicted molar refractivity (Wildman–Crippen MR) is 84.1 cm³/mol. The molecule has 1 saturated carbocycles. The average Bonchev–Trinajstić information content (AvgIpc) is 3.22. The van der Waals surface area contributed by atoms with Crippen molar-refractivity contribution in [1.82, 2.24) is 19.7 Å². The number of H-pyrrole nitrogens is 1. The molecule has 1 unspecified atom stereocenters. The molecule has 1 atom stereocenters. The number of benzene rings is 1. The molecule has 6 nitrogen and oxygen atoms in total. The molecule has 1 aromatic carbocycles. The molecule has 0 saturated heterocycles. The second-order valence-corrected chi connectivity index (χ2v) is 5.97. The van der Waals surface area contributed by atoms with Crippen LogP contribution in [0.2, 0.25) is 5.02 Å². The summed E-state index contributed by atoms with van der Waals surface area (Å²) in [7, 11) is 0. The summed E-state index contributed by atoms with van der Waals surface area (Å²) in [6.45, 7) is 0. The monoisotopic (exact) mass is 315 g/mol. The van der Waals surface area contributed by atoms with Crippen molar-refractivity contribution in [2.75, 3.05) is 0 Å². The van der Waals surface area contributed by atoms with Gasteiger partial charge in [-0.15, -0.1) is 0 Å². The van der Waals surface area contributed by atoms with Crippen molar-refractivity contribution in [3.8, 4) is 5.69 Å². The predicted octanol–water partition coefficient (Wildman–Crippen LogP) is 2.17. The van der Waals surface area contributed by atoms with Crippen molar-refractivity contribution in [2.24, 2.45) is 11.7 Å². The highest BCUT2D eigenvalue weighted by Gasteiger charge is 2.33. The number of nitrogens with zero attached hydrogens (tertiary/aromatic N) is 3. The first-order chi connectivity index (χ1) is 10.7. The van der Waals surface area contributed by atoms with Crippen molar-refractivity contribution in [1.29, 1.82) is 0 Å². The van der Waals surface area contributed by atoms with Gasteiger partial charge in [0.2, 0.25) is 0 Å². The van der Waals surface area contributed by atoms with Gasteiger partial charge in [-0.05, 0) is 30.9 Å². The van der Waals surface area contributed by atoms with Crippen molar-refractivity contribution < 1.29 is 0 Å². The maximum Gasteiger partial charge on any atom is 0.267 e. The number of halogens is 1. The third-order valence-corrected chi connectivity index (χ3v) is 4.36. The van der Waals surface area contributed by atoms with E-state index in [0.29, 0.717) is 33.4 Å². The summed E-state index contributed by atoms with van der Waals surface area (Å²) in [6.07, 6.45) is 5.36. The summed E-state index contributed by atoms with van der Waals surface area (Å²) in [5.74, 6) is 0.936. The van der Waals surface area contributed by atoms with Crippen molar-refractivity contribution in [3.05, 3.63) is 51.8 Å². The number of aromatic amines is 1. The summed E-state index contributed by atoms with van der Waals surface area (Å²) in [6, 6.07) is 4.98. The molecule has 2 heterocycles. The second-order valence-electron chi connectivity index (χ2n) is 5.56. The quantitative estimate of drug-likeness (QED) is 0.775. The number of hydrogen-bond donors (Lipinski definition) is 2. The normalized spacial score (nSPS) is 16.1. The highest BCUT2D eigenvalue weighted by molar-refractivity contribution is 6.35. The molecule has 3 aromatic rings. The van der Waals surface area contributed by atoms with Gasteiger partial charge in [0, 0.05) is 6.20 Å². The minimum absolute atomic E-state index is 0.219. The van der Waals surface area contributed by atoms with Gasteiger partial charge in [-0.25, -0.2) is 4.98 Å². The van der Waals surface area contributed by atoms with Gasteiger partial charge in [0.05, 0.1) is 33.9 Å². The van der Waals surface area contributed by atoms with E-state index in [1.165, 1.54) is 4.57 Å². The van der Waals surface area contributed by atoms with E-state index in [1.807, 2.05) is 0 Å². The van der Waals surface area contributed by atoms with Gasteiger partial charge in [-0.1, -0.05) is 17.7 Å². The zero-order chi connectivity index (χ0) is 15.3. The Balaban J connectivity index is 2.08. The van der Waals surface area contributed by atoms with Crippen molar-refractivity contribution >= 4 is 22.5 Å². The van der Waals surface area contributed by atoms with Crippen LogP contribution in [-0.4, -0.2) is 19.7 Å². The van der Waals surface area contributed by atoms with Gasteiger partial charge in [-0.3, -0.25) is 14.5 Å². The molecule has 22 heavy (non-hydrogen) atoms. The van der Waals surface area contributed by atoms with E-state index in [4.69, 9.17) is 17.3 Å². The fraction of sp³-hybridized carbons (Fsp3) is 0.267. The fourth-order valence-electron chi connectivity index (χ4n) is 2.71. The van der Waals surface area contributed by atoms with E-state index in [9.17, 15) is 4.79 Å². The fourth-order valence-corrected chi connectivity index (χ4v) is 2.96. The Hall–Kier alpha value is -2.18. The van der Waals surface area contributed by atoms with Gasteiger partial charge in [0.1, 0.15) is 5.82 Å². The second kappa shape index (κ2) is 4.93. The lowest BCUT2D eigenvalue weighted by molar-refractivity contribution is 0.574. The molecule has 0 radical (unpaired) electrons. The minimum atomic E-state index is -0.272. The number of hydrogen-bond acceptors (Lipinski definition) is 4. The summed E-state index contributed by atoms with van der Waals surface area (Å²) < 4.78 is 1.51. The minimum Gasteiger partial charge on any atom is -0.321 e. The summed E-state index contributed by atoms with van der Waals surface area (Å²) in [5.41, 5.74) is 7.29. The number of nitrogens with one attached hydrogen (secondary N) is 1. The van der Waals surface area contributed by atoms with Gasteiger partial charge in [0.15, 0.2) is 0 Å². The molecular weight excluding hydrogens is 302 g/mol. The Morgan fingerprint density at radius 1 is 1.41 bits per heavy atom. The Labute approximate surface area is 130 Å². The number of nitrogens with two attached hydrogens (primary N) is 1. The molecule has 3 N–H and O–H groups in total.